The molecule has 1 fully saturated rings. The number of hydrogen-bond acceptors (Lipinski definition) is 5. The highest BCUT2D eigenvalue weighted by Gasteiger charge is 2.32. The fraction of sp³-hybridized carbons (Fsp3) is 0.545. The van der Waals surface area contributed by atoms with E-state index in [1.54, 1.807) is 0 Å². The van der Waals surface area contributed by atoms with Crippen LogP contribution in [0.5, 0.6) is 0 Å². The van der Waals surface area contributed by atoms with Crippen LogP contribution in [0.2, 0.25) is 0 Å². The van der Waals surface area contributed by atoms with Gasteiger partial charge in [0.25, 0.3) is 0 Å². The lowest BCUT2D eigenvalue weighted by molar-refractivity contribution is 0.0367. The lowest BCUT2D eigenvalue weighted by atomic mass is 9.82. The average Bonchev–Trinajstić information content (AvgIpc) is 2.30. The minimum absolute atomic E-state index is 0.00393. The van der Waals surface area contributed by atoms with E-state index in [-0.39, 0.29) is 22.7 Å². The van der Waals surface area contributed by atoms with Gasteiger partial charge in [-0.25, -0.2) is 17.7 Å². The third kappa shape index (κ3) is 3.07. The molecule has 1 saturated carbocycles. The summed E-state index contributed by atoms with van der Waals surface area (Å²) in [6, 6.07) is 1.45. The monoisotopic (exact) mass is 349 g/mol. The molecule has 1 aliphatic rings. The number of pyridine rings is 1. The summed E-state index contributed by atoms with van der Waals surface area (Å²) in [5, 5.41) is 9.23. The number of aliphatic hydroxyl groups excluding tert-OH is 1. The molecule has 6 nitrogen and oxygen atoms in total. The van der Waals surface area contributed by atoms with Gasteiger partial charge in [-0.15, -0.1) is 0 Å². The van der Waals surface area contributed by atoms with Gasteiger partial charge in [-0.2, -0.15) is 0 Å². The van der Waals surface area contributed by atoms with Crippen molar-refractivity contribution < 1.29 is 13.5 Å². The molecule has 1 aromatic rings. The standard InChI is InChI=1S/C11H16BrN3O3S/c1-15(6-7-2-9(16)3-7)19(17,18)10-4-8(12)5-14-11(10)13/h4-5,7,9,16H,2-3,6H2,1H3,(H2,13,14). The SMILES string of the molecule is CN(CC1CC(O)C1)S(=O)(=O)c1cc(Br)cnc1N. The Kier molecular flexibility index (Phi) is 4.14. The van der Waals surface area contributed by atoms with Gasteiger partial charge < -0.3 is 10.8 Å². The average molecular weight is 350 g/mol. The number of sulfonamides is 1. The Labute approximate surface area is 120 Å². The molecule has 8 heteroatoms. The Morgan fingerprint density at radius 2 is 2.21 bits per heavy atom. The summed E-state index contributed by atoms with van der Waals surface area (Å²) >= 11 is 3.19. The van der Waals surface area contributed by atoms with Gasteiger partial charge in [-0.1, -0.05) is 0 Å². The van der Waals surface area contributed by atoms with Crippen LogP contribution in [0.25, 0.3) is 0 Å². The largest absolute Gasteiger partial charge is 0.393 e. The fourth-order valence-corrected chi connectivity index (χ4v) is 3.94. The maximum Gasteiger partial charge on any atom is 0.246 e. The van der Waals surface area contributed by atoms with Gasteiger partial charge in [0, 0.05) is 24.3 Å². The predicted molar refractivity (Wildman–Crippen MR) is 74.9 cm³/mol. The van der Waals surface area contributed by atoms with Crippen LogP contribution in [-0.4, -0.2) is 42.5 Å². The summed E-state index contributed by atoms with van der Waals surface area (Å²) in [5.41, 5.74) is 5.63. The van der Waals surface area contributed by atoms with E-state index in [0.29, 0.717) is 23.9 Å². The van der Waals surface area contributed by atoms with Crippen LogP contribution < -0.4 is 5.73 Å². The molecule has 106 valence electrons. The normalized spacial score (nSPS) is 23.4. The van der Waals surface area contributed by atoms with E-state index < -0.39 is 10.0 Å². The van der Waals surface area contributed by atoms with Gasteiger partial charge in [0.1, 0.15) is 10.7 Å². The molecule has 0 unspecified atom stereocenters. The second-order valence-electron chi connectivity index (χ2n) is 4.81. The zero-order valence-corrected chi connectivity index (χ0v) is 12.9. The molecule has 0 saturated heterocycles. The van der Waals surface area contributed by atoms with E-state index in [9.17, 15) is 13.5 Å². The van der Waals surface area contributed by atoms with Crippen LogP contribution >= 0.6 is 15.9 Å². The van der Waals surface area contributed by atoms with Crippen molar-refractivity contribution in [1.82, 2.24) is 9.29 Å². The second-order valence-corrected chi connectivity index (χ2v) is 7.74. The van der Waals surface area contributed by atoms with E-state index in [1.807, 2.05) is 0 Å². The zero-order valence-electron chi connectivity index (χ0n) is 10.5. The molecule has 1 heterocycles. The van der Waals surface area contributed by atoms with Crippen LogP contribution in [0, 0.1) is 5.92 Å². The molecule has 3 N–H and O–H groups in total. The van der Waals surface area contributed by atoms with Crippen molar-refractivity contribution >= 4 is 31.8 Å². The summed E-state index contributed by atoms with van der Waals surface area (Å²) in [6.07, 6.45) is 2.45. The Bertz CT molecular complexity index is 573. The molecule has 0 spiro atoms. The van der Waals surface area contributed by atoms with E-state index in [2.05, 4.69) is 20.9 Å². The van der Waals surface area contributed by atoms with Gasteiger partial charge in [-0.05, 0) is 40.8 Å². The van der Waals surface area contributed by atoms with Crippen LogP contribution in [0.4, 0.5) is 5.82 Å². The number of hydrogen-bond donors (Lipinski definition) is 2. The molecule has 0 bridgehead atoms. The Morgan fingerprint density at radius 3 is 2.79 bits per heavy atom. The number of aliphatic hydroxyl groups is 1. The maximum atomic E-state index is 12.4. The lowest BCUT2D eigenvalue weighted by Gasteiger charge is -2.34. The van der Waals surface area contributed by atoms with Crippen molar-refractivity contribution in [2.45, 2.75) is 23.8 Å². The molecule has 19 heavy (non-hydrogen) atoms. The Balaban J connectivity index is 2.19. The highest BCUT2D eigenvalue weighted by atomic mass is 79.9. The van der Waals surface area contributed by atoms with Gasteiger partial charge in [0.2, 0.25) is 10.0 Å². The third-order valence-electron chi connectivity index (χ3n) is 3.26. The number of halogens is 1. The fourth-order valence-electron chi connectivity index (χ4n) is 2.12. The van der Waals surface area contributed by atoms with Crippen molar-refractivity contribution in [3.63, 3.8) is 0 Å². The van der Waals surface area contributed by atoms with E-state index in [4.69, 9.17) is 5.73 Å². The van der Waals surface area contributed by atoms with Crippen LogP contribution in [0.3, 0.4) is 0 Å². The van der Waals surface area contributed by atoms with Gasteiger partial charge in [0.05, 0.1) is 6.10 Å². The number of nitrogens with two attached hydrogens (primary N) is 1. The van der Waals surface area contributed by atoms with Crippen LogP contribution in [-0.2, 0) is 10.0 Å². The Hall–Kier alpha value is -0.700. The minimum atomic E-state index is -3.65. The number of rotatable bonds is 4. The smallest absolute Gasteiger partial charge is 0.246 e. The molecule has 0 amide bonds. The first-order valence-corrected chi connectivity index (χ1v) is 8.09. The third-order valence-corrected chi connectivity index (χ3v) is 5.55. The van der Waals surface area contributed by atoms with E-state index in [0.717, 1.165) is 0 Å². The molecule has 1 aliphatic carbocycles. The molecule has 0 aromatic carbocycles. The first-order valence-electron chi connectivity index (χ1n) is 5.86. The zero-order chi connectivity index (χ0) is 14.2. The first kappa shape index (κ1) is 14.7. The molecule has 0 atom stereocenters. The Morgan fingerprint density at radius 1 is 1.58 bits per heavy atom. The van der Waals surface area contributed by atoms with Gasteiger partial charge >= 0.3 is 0 Å². The first-order chi connectivity index (χ1) is 8.80. The van der Waals surface area contributed by atoms with Gasteiger partial charge in [0.15, 0.2) is 0 Å². The van der Waals surface area contributed by atoms with Crippen molar-refractivity contribution in [3.05, 3.63) is 16.7 Å². The summed E-state index contributed by atoms with van der Waals surface area (Å²) in [6.45, 7) is 0.380. The summed E-state index contributed by atoms with van der Waals surface area (Å²) in [7, 11) is -2.13. The molecular weight excluding hydrogens is 334 g/mol. The molecule has 2 rings (SSSR count). The predicted octanol–water partition coefficient (Wildman–Crippen LogP) is 0.818. The van der Waals surface area contributed by atoms with Crippen LogP contribution in [0.15, 0.2) is 21.6 Å². The van der Waals surface area contributed by atoms with E-state index in [1.165, 1.54) is 23.6 Å². The number of aromatic nitrogens is 1. The minimum Gasteiger partial charge on any atom is -0.393 e. The number of nitrogen functional groups attached to an aromatic ring is 1. The quantitative estimate of drug-likeness (QED) is 0.838. The molecule has 0 aliphatic heterocycles. The summed E-state index contributed by atoms with van der Waals surface area (Å²) in [5.74, 6) is 0.194. The van der Waals surface area contributed by atoms with Crippen LogP contribution in [0.1, 0.15) is 12.8 Å². The maximum absolute atomic E-state index is 12.4. The van der Waals surface area contributed by atoms with Crippen molar-refractivity contribution in [1.29, 1.82) is 0 Å². The number of nitrogens with zero attached hydrogens (tertiary/aromatic N) is 2. The second kappa shape index (κ2) is 5.35. The van der Waals surface area contributed by atoms with Gasteiger partial charge in [-0.3, -0.25) is 0 Å². The van der Waals surface area contributed by atoms with Crippen molar-refractivity contribution in [3.8, 4) is 0 Å². The summed E-state index contributed by atoms with van der Waals surface area (Å²) < 4.78 is 26.6. The lowest BCUT2D eigenvalue weighted by Crippen LogP contribution is -2.39. The topological polar surface area (TPSA) is 96.5 Å². The molecule has 0 radical (unpaired) electrons. The molecular formula is C11H16BrN3O3S. The van der Waals surface area contributed by atoms with E-state index >= 15 is 0 Å². The highest BCUT2D eigenvalue weighted by Crippen LogP contribution is 2.30. The number of anilines is 1. The molecule has 1 aromatic heterocycles. The van der Waals surface area contributed by atoms with Crippen molar-refractivity contribution in [2.24, 2.45) is 5.92 Å². The summed E-state index contributed by atoms with van der Waals surface area (Å²) in [4.78, 5) is 3.84. The highest BCUT2D eigenvalue weighted by molar-refractivity contribution is 9.10. The van der Waals surface area contributed by atoms with Crippen molar-refractivity contribution in [2.75, 3.05) is 19.3 Å².